The Labute approximate surface area is 133 Å². The fourth-order valence-corrected chi connectivity index (χ4v) is 2.98. The van der Waals surface area contributed by atoms with E-state index in [9.17, 15) is 4.79 Å². The van der Waals surface area contributed by atoms with Gasteiger partial charge in [-0.05, 0) is 55.3 Å². The smallest absolute Gasteiger partial charge is 0.234 e. The molecule has 2 rings (SSSR count). The van der Waals surface area contributed by atoms with Crippen LogP contribution in [-0.2, 0) is 4.79 Å². The van der Waals surface area contributed by atoms with E-state index >= 15 is 0 Å². The average molecular weight is 321 g/mol. The number of nitrogens with two attached hydrogens (primary N) is 1. The van der Waals surface area contributed by atoms with Crippen molar-refractivity contribution < 1.29 is 4.79 Å². The van der Waals surface area contributed by atoms with Gasteiger partial charge in [-0.2, -0.15) is 0 Å². The predicted octanol–water partition coefficient (Wildman–Crippen LogP) is 4.27. The van der Waals surface area contributed by atoms with E-state index in [1.807, 2.05) is 44.2 Å². The third kappa shape index (κ3) is 4.16. The van der Waals surface area contributed by atoms with Gasteiger partial charge in [0.2, 0.25) is 5.91 Å². The van der Waals surface area contributed by atoms with Gasteiger partial charge in [-0.25, -0.2) is 0 Å². The second-order valence-corrected chi connectivity index (χ2v) is 6.22. The Bertz CT molecular complexity index is 673. The first kappa shape index (κ1) is 15.7. The van der Waals surface area contributed by atoms with E-state index in [4.69, 9.17) is 17.3 Å². The first-order valence-electron chi connectivity index (χ1n) is 6.51. The van der Waals surface area contributed by atoms with E-state index in [1.54, 1.807) is 6.07 Å². The minimum atomic E-state index is -0.0488. The number of nitrogen functional groups attached to an aromatic ring is 1. The largest absolute Gasteiger partial charge is 0.398 e. The normalized spacial score (nSPS) is 10.4. The summed E-state index contributed by atoms with van der Waals surface area (Å²) in [5.41, 5.74) is 9.35. The molecule has 0 saturated heterocycles. The molecule has 0 aromatic heterocycles. The number of amides is 1. The van der Waals surface area contributed by atoms with Gasteiger partial charge in [0.25, 0.3) is 0 Å². The lowest BCUT2D eigenvalue weighted by atomic mass is 10.2. The van der Waals surface area contributed by atoms with Crippen molar-refractivity contribution in [3.8, 4) is 0 Å². The summed E-state index contributed by atoms with van der Waals surface area (Å²) in [7, 11) is 0. The van der Waals surface area contributed by atoms with Gasteiger partial charge in [0.05, 0.1) is 5.75 Å². The van der Waals surface area contributed by atoms with Gasteiger partial charge in [-0.1, -0.05) is 17.7 Å². The topological polar surface area (TPSA) is 55.1 Å². The molecule has 0 heterocycles. The standard InChI is InChI=1S/C16H17ClN2OS/c1-10-8-12(17)6-7-14(10)19-16(20)9-21-15-5-3-4-13(18)11(15)2/h3-8H,9,18H2,1-2H3,(H,19,20). The summed E-state index contributed by atoms with van der Waals surface area (Å²) in [6.07, 6.45) is 0. The fraction of sp³-hybridized carbons (Fsp3) is 0.188. The van der Waals surface area contributed by atoms with Crippen LogP contribution < -0.4 is 11.1 Å². The molecule has 0 radical (unpaired) electrons. The number of benzene rings is 2. The SMILES string of the molecule is Cc1cc(Cl)ccc1NC(=O)CSc1cccc(N)c1C. The molecule has 5 heteroatoms. The second-order valence-electron chi connectivity index (χ2n) is 4.77. The van der Waals surface area contributed by atoms with Crippen LogP contribution in [0.1, 0.15) is 11.1 Å². The molecule has 0 spiro atoms. The highest BCUT2D eigenvalue weighted by atomic mass is 35.5. The molecule has 110 valence electrons. The minimum Gasteiger partial charge on any atom is -0.398 e. The molecule has 0 aliphatic rings. The van der Waals surface area contributed by atoms with Crippen LogP contribution in [0.3, 0.4) is 0 Å². The lowest BCUT2D eigenvalue weighted by molar-refractivity contribution is -0.113. The van der Waals surface area contributed by atoms with Gasteiger partial charge in [0, 0.05) is 21.3 Å². The van der Waals surface area contributed by atoms with Gasteiger partial charge in [0.15, 0.2) is 0 Å². The first-order valence-corrected chi connectivity index (χ1v) is 7.87. The molecule has 0 fully saturated rings. The maximum absolute atomic E-state index is 12.0. The number of hydrogen-bond acceptors (Lipinski definition) is 3. The van der Waals surface area contributed by atoms with Crippen LogP contribution in [0.25, 0.3) is 0 Å². The Morgan fingerprint density at radius 3 is 2.76 bits per heavy atom. The molecule has 0 unspecified atom stereocenters. The Morgan fingerprint density at radius 2 is 2.05 bits per heavy atom. The molecule has 21 heavy (non-hydrogen) atoms. The van der Waals surface area contributed by atoms with Crippen molar-refractivity contribution >= 4 is 40.6 Å². The number of halogens is 1. The molecule has 2 aromatic carbocycles. The van der Waals surface area contributed by atoms with E-state index in [-0.39, 0.29) is 5.91 Å². The Morgan fingerprint density at radius 1 is 1.29 bits per heavy atom. The molecular weight excluding hydrogens is 304 g/mol. The third-order valence-corrected chi connectivity index (χ3v) is 4.54. The maximum Gasteiger partial charge on any atom is 0.234 e. The van der Waals surface area contributed by atoms with Gasteiger partial charge >= 0.3 is 0 Å². The van der Waals surface area contributed by atoms with Crippen LogP contribution in [0.15, 0.2) is 41.3 Å². The lowest BCUT2D eigenvalue weighted by Crippen LogP contribution is -2.14. The number of anilines is 2. The molecule has 0 saturated carbocycles. The van der Waals surface area contributed by atoms with Crippen molar-refractivity contribution in [3.05, 3.63) is 52.5 Å². The van der Waals surface area contributed by atoms with Crippen LogP contribution in [0, 0.1) is 13.8 Å². The van der Waals surface area contributed by atoms with Crippen LogP contribution in [0.2, 0.25) is 5.02 Å². The third-order valence-electron chi connectivity index (χ3n) is 3.15. The summed E-state index contributed by atoms with van der Waals surface area (Å²) in [6, 6.07) is 11.1. The van der Waals surface area contributed by atoms with Gasteiger partial charge < -0.3 is 11.1 Å². The highest BCUT2D eigenvalue weighted by Crippen LogP contribution is 2.26. The zero-order valence-electron chi connectivity index (χ0n) is 11.9. The molecular formula is C16H17ClN2OS. The highest BCUT2D eigenvalue weighted by molar-refractivity contribution is 8.00. The van der Waals surface area contributed by atoms with E-state index in [1.165, 1.54) is 11.8 Å². The van der Waals surface area contributed by atoms with Crippen molar-refractivity contribution in [1.82, 2.24) is 0 Å². The number of hydrogen-bond donors (Lipinski definition) is 2. The molecule has 0 atom stereocenters. The number of aryl methyl sites for hydroxylation is 1. The fourth-order valence-electron chi connectivity index (χ4n) is 1.88. The van der Waals surface area contributed by atoms with E-state index in [0.717, 1.165) is 27.4 Å². The molecule has 0 aliphatic carbocycles. The summed E-state index contributed by atoms with van der Waals surface area (Å²) in [4.78, 5) is 13.0. The lowest BCUT2D eigenvalue weighted by Gasteiger charge is -2.10. The zero-order valence-corrected chi connectivity index (χ0v) is 13.5. The molecule has 3 N–H and O–H groups in total. The van der Waals surface area contributed by atoms with E-state index < -0.39 is 0 Å². The number of carbonyl (C=O) groups excluding carboxylic acids is 1. The van der Waals surface area contributed by atoms with Crippen LogP contribution in [0.4, 0.5) is 11.4 Å². The molecule has 2 aromatic rings. The number of rotatable bonds is 4. The number of carbonyl (C=O) groups is 1. The van der Waals surface area contributed by atoms with Crippen molar-refractivity contribution in [1.29, 1.82) is 0 Å². The Kier molecular flexibility index (Phi) is 5.15. The van der Waals surface area contributed by atoms with Crippen molar-refractivity contribution in [2.24, 2.45) is 0 Å². The van der Waals surface area contributed by atoms with Crippen LogP contribution in [-0.4, -0.2) is 11.7 Å². The summed E-state index contributed by atoms with van der Waals surface area (Å²) in [5.74, 6) is 0.291. The molecule has 1 amide bonds. The van der Waals surface area contributed by atoms with Gasteiger partial charge in [-0.3, -0.25) is 4.79 Å². The van der Waals surface area contributed by atoms with Crippen molar-refractivity contribution in [2.45, 2.75) is 18.7 Å². The molecule has 0 aliphatic heterocycles. The highest BCUT2D eigenvalue weighted by Gasteiger charge is 2.08. The summed E-state index contributed by atoms with van der Waals surface area (Å²) >= 11 is 7.38. The average Bonchev–Trinajstić information content (AvgIpc) is 2.43. The van der Waals surface area contributed by atoms with Crippen LogP contribution in [0.5, 0.6) is 0 Å². The zero-order chi connectivity index (χ0) is 15.4. The van der Waals surface area contributed by atoms with Crippen molar-refractivity contribution in [2.75, 3.05) is 16.8 Å². The second kappa shape index (κ2) is 6.87. The maximum atomic E-state index is 12.0. The summed E-state index contributed by atoms with van der Waals surface area (Å²) < 4.78 is 0. The minimum absolute atomic E-state index is 0.0488. The predicted molar refractivity (Wildman–Crippen MR) is 91.1 cm³/mol. The van der Waals surface area contributed by atoms with Gasteiger partial charge in [0.1, 0.15) is 0 Å². The Hall–Kier alpha value is -1.65. The summed E-state index contributed by atoms with van der Waals surface area (Å²) in [6.45, 7) is 3.87. The van der Waals surface area contributed by atoms with E-state index in [0.29, 0.717) is 10.8 Å². The number of thioether (sulfide) groups is 1. The summed E-state index contributed by atoms with van der Waals surface area (Å²) in [5, 5.41) is 3.55. The number of nitrogens with one attached hydrogen (secondary N) is 1. The Balaban J connectivity index is 1.97. The van der Waals surface area contributed by atoms with Crippen LogP contribution >= 0.6 is 23.4 Å². The first-order chi connectivity index (χ1) is 9.97. The quantitative estimate of drug-likeness (QED) is 0.653. The van der Waals surface area contributed by atoms with E-state index in [2.05, 4.69) is 5.32 Å². The van der Waals surface area contributed by atoms with Crippen molar-refractivity contribution in [3.63, 3.8) is 0 Å². The monoisotopic (exact) mass is 320 g/mol. The molecule has 0 bridgehead atoms. The molecule has 3 nitrogen and oxygen atoms in total. The van der Waals surface area contributed by atoms with Gasteiger partial charge in [-0.15, -0.1) is 11.8 Å².